The molecule has 2 aromatic carbocycles. The number of piperazine rings is 1. The lowest BCUT2D eigenvalue weighted by atomic mass is 10.1. The van der Waals surface area contributed by atoms with Crippen molar-refractivity contribution in [2.75, 3.05) is 42.9 Å². The van der Waals surface area contributed by atoms with Crippen molar-refractivity contribution in [1.29, 1.82) is 0 Å². The first-order valence-electron chi connectivity index (χ1n) is 10.5. The summed E-state index contributed by atoms with van der Waals surface area (Å²) < 4.78 is 27.8. The van der Waals surface area contributed by atoms with E-state index in [0.29, 0.717) is 36.9 Å². The first-order valence-corrected chi connectivity index (χ1v) is 11.9. The van der Waals surface area contributed by atoms with Crippen molar-refractivity contribution in [2.45, 2.75) is 18.7 Å². The molecule has 1 aliphatic heterocycles. The number of aromatic nitrogens is 2. The van der Waals surface area contributed by atoms with Crippen molar-refractivity contribution < 1.29 is 8.42 Å². The lowest BCUT2D eigenvalue weighted by Gasteiger charge is -2.34. The number of hydrogen-bond donors (Lipinski definition) is 1. The van der Waals surface area contributed by atoms with Gasteiger partial charge in [0.15, 0.2) is 0 Å². The molecule has 0 bridgehead atoms. The highest BCUT2D eigenvalue weighted by atomic mass is 32.2. The van der Waals surface area contributed by atoms with E-state index < -0.39 is 10.0 Å². The van der Waals surface area contributed by atoms with Gasteiger partial charge in [-0.05, 0) is 37.1 Å². The molecule has 8 heteroatoms. The molecule has 0 spiro atoms. The molecule has 0 aliphatic carbocycles. The smallest absolute Gasteiger partial charge is 0.243 e. The Labute approximate surface area is 183 Å². The molecule has 1 N–H and O–H groups in total. The molecule has 0 unspecified atom stereocenters. The maximum absolute atomic E-state index is 13.1. The van der Waals surface area contributed by atoms with Crippen LogP contribution in [0, 0.1) is 6.92 Å². The number of anilines is 2. The molecule has 162 valence electrons. The zero-order valence-corrected chi connectivity index (χ0v) is 18.6. The largest absolute Gasteiger partial charge is 0.370 e. The second kappa shape index (κ2) is 9.03. The normalized spacial score (nSPS) is 15.1. The van der Waals surface area contributed by atoms with E-state index in [-0.39, 0.29) is 0 Å². The number of nitrogens with one attached hydrogen (secondary N) is 1. The fourth-order valence-corrected chi connectivity index (χ4v) is 5.16. The van der Waals surface area contributed by atoms with Crippen molar-refractivity contribution in [3.63, 3.8) is 0 Å². The zero-order valence-electron chi connectivity index (χ0n) is 17.8. The Hall–Kier alpha value is -2.97. The predicted octanol–water partition coefficient (Wildman–Crippen LogP) is 3.39. The van der Waals surface area contributed by atoms with Gasteiger partial charge in [0.25, 0.3) is 0 Å². The summed E-state index contributed by atoms with van der Waals surface area (Å²) in [5.41, 5.74) is 2.07. The lowest BCUT2D eigenvalue weighted by molar-refractivity contribution is 0.383. The molecule has 7 nitrogen and oxygen atoms in total. The number of rotatable bonds is 6. The van der Waals surface area contributed by atoms with Gasteiger partial charge in [0.2, 0.25) is 10.0 Å². The van der Waals surface area contributed by atoms with Crippen molar-refractivity contribution in [2.24, 2.45) is 0 Å². The van der Waals surface area contributed by atoms with Gasteiger partial charge in [-0.1, -0.05) is 42.5 Å². The summed E-state index contributed by atoms with van der Waals surface area (Å²) in [5, 5.41) is 3.21. The molecule has 3 aromatic rings. The van der Waals surface area contributed by atoms with Gasteiger partial charge in [-0.2, -0.15) is 4.31 Å². The highest BCUT2D eigenvalue weighted by Crippen LogP contribution is 2.25. The minimum atomic E-state index is -3.53. The van der Waals surface area contributed by atoms with E-state index in [9.17, 15) is 8.42 Å². The fourth-order valence-electron chi connectivity index (χ4n) is 3.74. The standard InChI is InChI=1S/C23H27N5O2S/c1-3-24-22-17-23(26-18(2)25-22)27-13-15-28(16-14-27)31(29,30)21-11-9-20(10-12-21)19-7-5-4-6-8-19/h4-12,17H,3,13-16H2,1-2H3,(H,24,25,26). The SMILES string of the molecule is CCNc1cc(N2CCN(S(=O)(=O)c3ccc(-c4ccccc4)cc3)CC2)nc(C)n1. The molecule has 2 heterocycles. The molecule has 4 rings (SSSR count). The van der Waals surface area contributed by atoms with Crippen LogP contribution < -0.4 is 10.2 Å². The van der Waals surface area contributed by atoms with Gasteiger partial charge in [-0.3, -0.25) is 0 Å². The number of aryl methyl sites for hydroxylation is 1. The molecule has 1 saturated heterocycles. The maximum Gasteiger partial charge on any atom is 0.243 e. The quantitative estimate of drug-likeness (QED) is 0.637. The monoisotopic (exact) mass is 437 g/mol. The third-order valence-electron chi connectivity index (χ3n) is 5.34. The first kappa shape index (κ1) is 21.3. The Morgan fingerprint density at radius 1 is 0.903 bits per heavy atom. The Bertz CT molecular complexity index is 1130. The topological polar surface area (TPSA) is 78.4 Å². The lowest BCUT2D eigenvalue weighted by Crippen LogP contribution is -2.49. The summed E-state index contributed by atoms with van der Waals surface area (Å²) in [5.74, 6) is 2.31. The average Bonchev–Trinajstić information content (AvgIpc) is 2.80. The first-order chi connectivity index (χ1) is 15.0. The summed E-state index contributed by atoms with van der Waals surface area (Å²) in [6.07, 6.45) is 0. The zero-order chi connectivity index (χ0) is 21.8. The molecule has 0 radical (unpaired) electrons. The van der Waals surface area contributed by atoms with Gasteiger partial charge in [-0.25, -0.2) is 18.4 Å². The minimum Gasteiger partial charge on any atom is -0.370 e. The minimum absolute atomic E-state index is 0.327. The van der Waals surface area contributed by atoms with Crippen LogP contribution in [0.5, 0.6) is 0 Å². The molecule has 1 fully saturated rings. The van der Waals surface area contributed by atoms with Crippen LogP contribution >= 0.6 is 0 Å². The molecule has 0 atom stereocenters. The molecule has 0 amide bonds. The van der Waals surface area contributed by atoms with Gasteiger partial charge in [0.1, 0.15) is 17.5 Å². The van der Waals surface area contributed by atoms with Crippen molar-refractivity contribution in [1.82, 2.24) is 14.3 Å². The molecule has 0 saturated carbocycles. The van der Waals surface area contributed by atoms with Crippen molar-refractivity contribution in [3.8, 4) is 11.1 Å². The molecule has 1 aliphatic rings. The van der Waals surface area contributed by atoms with E-state index >= 15 is 0 Å². The highest BCUT2D eigenvalue weighted by molar-refractivity contribution is 7.89. The number of sulfonamides is 1. The van der Waals surface area contributed by atoms with Gasteiger partial charge in [0, 0.05) is 38.8 Å². The van der Waals surface area contributed by atoms with Crippen molar-refractivity contribution >= 4 is 21.7 Å². The molecular formula is C23H27N5O2S. The highest BCUT2D eigenvalue weighted by Gasteiger charge is 2.29. The Morgan fingerprint density at radius 2 is 1.55 bits per heavy atom. The van der Waals surface area contributed by atoms with Gasteiger partial charge in [-0.15, -0.1) is 0 Å². The van der Waals surface area contributed by atoms with Crippen LogP contribution in [0.25, 0.3) is 11.1 Å². The van der Waals surface area contributed by atoms with E-state index in [4.69, 9.17) is 0 Å². The van der Waals surface area contributed by atoms with E-state index in [1.807, 2.05) is 62.4 Å². The van der Waals surface area contributed by atoms with Crippen LogP contribution in [0.4, 0.5) is 11.6 Å². The Kier molecular flexibility index (Phi) is 6.20. The molecule has 1 aromatic heterocycles. The predicted molar refractivity (Wildman–Crippen MR) is 124 cm³/mol. The van der Waals surface area contributed by atoms with Crippen LogP contribution in [-0.2, 0) is 10.0 Å². The van der Waals surface area contributed by atoms with Crippen LogP contribution in [-0.4, -0.2) is 55.4 Å². The van der Waals surface area contributed by atoms with Gasteiger partial charge >= 0.3 is 0 Å². The maximum atomic E-state index is 13.1. The fraction of sp³-hybridized carbons (Fsp3) is 0.304. The summed E-state index contributed by atoms with van der Waals surface area (Å²) in [7, 11) is -3.53. The Morgan fingerprint density at radius 3 is 2.19 bits per heavy atom. The van der Waals surface area contributed by atoms with Gasteiger partial charge in [0.05, 0.1) is 4.90 Å². The van der Waals surface area contributed by atoms with Crippen molar-refractivity contribution in [3.05, 3.63) is 66.5 Å². The van der Waals surface area contributed by atoms with Crippen LogP contribution in [0.15, 0.2) is 65.6 Å². The third kappa shape index (κ3) is 4.70. The molecular weight excluding hydrogens is 410 g/mol. The number of hydrogen-bond acceptors (Lipinski definition) is 6. The second-order valence-electron chi connectivity index (χ2n) is 7.47. The summed E-state index contributed by atoms with van der Waals surface area (Å²) in [4.78, 5) is 11.4. The van der Waals surface area contributed by atoms with E-state index in [0.717, 1.165) is 29.3 Å². The number of nitrogens with zero attached hydrogens (tertiary/aromatic N) is 4. The third-order valence-corrected chi connectivity index (χ3v) is 7.26. The van der Waals surface area contributed by atoms with E-state index in [1.54, 1.807) is 16.4 Å². The van der Waals surface area contributed by atoms with E-state index in [2.05, 4.69) is 20.2 Å². The summed E-state index contributed by atoms with van der Waals surface area (Å²) in [6.45, 7) is 6.68. The van der Waals surface area contributed by atoms with Crippen LogP contribution in [0.1, 0.15) is 12.7 Å². The molecule has 31 heavy (non-hydrogen) atoms. The van der Waals surface area contributed by atoms with E-state index in [1.165, 1.54) is 0 Å². The van der Waals surface area contributed by atoms with Crippen LogP contribution in [0.3, 0.4) is 0 Å². The average molecular weight is 438 g/mol. The second-order valence-corrected chi connectivity index (χ2v) is 9.41. The Balaban J connectivity index is 1.46. The summed E-state index contributed by atoms with van der Waals surface area (Å²) in [6, 6.07) is 19.0. The van der Waals surface area contributed by atoms with Crippen LogP contribution in [0.2, 0.25) is 0 Å². The summed E-state index contributed by atoms with van der Waals surface area (Å²) >= 11 is 0. The number of benzene rings is 2. The van der Waals surface area contributed by atoms with Gasteiger partial charge < -0.3 is 10.2 Å².